The maximum atomic E-state index is 11.0. The first-order chi connectivity index (χ1) is 24.6. The number of pyridine rings is 2. The molecule has 0 saturated carbocycles. The van der Waals surface area contributed by atoms with Gasteiger partial charge in [0.1, 0.15) is 11.6 Å². The van der Waals surface area contributed by atoms with E-state index < -0.39 is 11.9 Å². The Balaban J connectivity index is 0.000000264. The van der Waals surface area contributed by atoms with Crippen LogP contribution in [0.5, 0.6) is 0 Å². The molecule has 271 valence electrons. The van der Waals surface area contributed by atoms with Crippen LogP contribution < -0.4 is 26.2 Å². The van der Waals surface area contributed by atoms with Crippen LogP contribution in [-0.4, -0.2) is 34.1 Å². The molecule has 52 heavy (non-hydrogen) atoms. The van der Waals surface area contributed by atoms with Gasteiger partial charge in [-0.25, -0.2) is 9.97 Å². The van der Waals surface area contributed by atoms with E-state index in [0.29, 0.717) is 11.4 Å². The Morgan fingerprint density at radius 3 is 1.17 bits per heavy atom. The molecule has 0 fully saturated rings. The zero-order valence-electron chi connectivity index (χ0n) is 29.5. The van der Waals surface area contributed by atoms with Gasteiger partial charge < -0.3 is 40.9 Å². The van der Waals surface area contributed by atoms with Gasteiger partial charge in [-0.05, 0) is 98.5 Å². The fourth-order valence-corrected chi connectivity index (χ4v) is 4.61. The van der Waals surface area contributed by atoms with Crippen molar-refractivity contribution in [1.82, 2.24) is 9.97 Å². The number of hydrogen-bond acceptors (Lipinski definition) is 10. The molecule has 0 aliphatic heterocycles. The minimum absolute atomic E-state index is 0. The molecule has 6 rings (SSSR count). The number of aliphatic hydroxyl groups excluding tert-OH is 1. The Morgan fingerprint density at radius 1 is 0.481 bits per heavy atom. The summed E-state index contributed by atoms with van der Waals surface area (Å²) in [7, 11) is 1.00. The van der Waals surface area contributed by atoms with Crippen molar-refractivity contribution in [2.45, 2.75) is 27.7 Å². The number of carbonyl (C=O) groups excluding carboxylic acids is 2. The fraction of sp³-hybridized carbons (Fsp3) is 0.122. The summed E-state index contributed by atoms with van der Waals surface area (Å²) in [5.74, 6) is -0.741. The molecule has 0 aliphatic carbocycles. The number of carboxylic acids is 2. The van der Waals surface area contributed by atoms with Crippen LogP contribution in [0.3, 0.4) is 0 Å². The molecule has 0 saturated heterocycles. The zero-order chi connectivity index (χ0) is 37.2. The summed E-state index contributed by atoms with van der Waals surface area (Å²) in [6.07, 6.45) is 3.48. The molecule has 10 nitrogen and oxygen atoms in total. The van der Waals surface area contributed by atoms with Gasteiger partial charge >= 0.3 is 17.1 Å². The molecule has 0 amide bonds. The molecule has 11 heteroatoms. The number of carboxylic acid groups (broad SMARTS) is 2. The molecule has 0 unspecified atom stereocenters. The number of aryl methyl sites for hydroxylation is 2. The Morgan fingerprint density at radius 2 is 0.827 bits per heavy atom. The van der Waals surface area contributed by atoms with E-state index in [-0.39, 0.29) is 28.2 Å². The van der Waals surface area contributed by atoms with Crippen LogP contribution in [0.15, 0.2) is 134 Å². The number of aliphatic hydroxyl groups is 1. The van der Waals surface area contributed by atoms with Crippen LogP contribution in [0.4, 0.5) is 34.4 Å². The topological polar surface area (TPSA) is 162 Å². The van der Waals surface area contributed by atoms with Crippen LogP contribution in [0, 0.1) is 27.7 Å². The number of nitrogens with zero attached hydrogens (tertiary/aromatic N) is 2. The summed E-state index contributed by atoms with van der Waals surface area (Å²) in [5, 5.41) is 38.4. The van der Waals surface area contributed by atoms with Gasteiger partial charge in [0, 0.05) is 53.4 Å². The third-order valence-corrected chi connectivity index (χ3v) is 7.63. The number of nitrogens with one attached hydrogen (secondary N) is 3. The van der Waals surface area contributed by atoms with Gasteiger partial charge in [-0.15, -0.1) is 0 Å². The number of aromatic nitrogens is 2. The first-order valence-corrected chi connectivity index (χ1v) is 15.9. The standard InChI is InChI=1S/2C15H15NO2.C10H9N3.CH4O.Cu/c2*1-10-6-5-9-13(11(10)2)16-14-8-4-3-7-12(14)15(17)18;1-3-7-11-9(5-1)13-10-6-2-4-8-12-10;1-2;/h2*3-9,16H,1-2H3,(H,17,18);1-8H,(H,11,12,13);2H,1H3;/q;;;;+2/p-2. The molecule has 1 radical (unpaired) electrons. The first-order valence-electron chi connectivity index (χ1n) is 15.9. The van der Waals surface area contributed by atoms with E-state index in [2.05, 4.69) is 25.9 Å². The number of anilines is 6. The van der Waals surface area contributed by atoms with Crippen molar-refractivity contribution >= 4 is 46.3 Å². The maximum Gasteiger partial charge on any atom is 2.00 e. The average Bonchev–Trinajstić information content (AvgIpc) is 3.15. The average molecular weight is 747 g/mol. The van der Waals surface area contributed by atoms with Crippen molar-refractivity contribution in [3.05, 3.63) is 167 Å². The second-order valence-corrected chi connectivity index (χ2v) is 11.0. The molecule has 4 N–H and O–H groups in total. The molecule has 0 atom stereocenters. The number of hydrogen-bond donors (Lipinski definition) is 4. The zero-order valence-corrected chi connectivity index (χ0v) is 30.4. The molecule has 4 aromatic carbocycles. The molecule has 0 aliphatic rings. The van der Waals surface area contributed by atoms with Crippen LogP contribution in [0.2, 0.25) is 0 Å². The van der Waals surface area contributed by atoms with Gasteiger partial charge in [0.2, 0.25) is 0 Å². The first kappa shape index (κ1) is 42.2. The fourth-order valence-electron chi connectivity index (χ4n) is 4.61. The SMILES string of the molecule is CO.Cc1cccc(Nc2ccccc2C(=O)[O-])c1C.Cc1cccc(Nc2ccccc2C(=O)[O-])c1C.[Cu+2].c1ccc(Nc2ccccn2)nc1. The minimum Gasteiger partial charge on any atom is -0.545 e. The van der Waals surface area contributed by atoms with Crippen molar-refractivity contribution in [1.29, 1.82) is 0 Å². The molecule has 2 heterocycles. The summed E-state index contributed by atoms with van der Waals surface area (Å²) < 4.78 is 0. The molecule has 0 spiro atoms. The molecule has 2 aromatic heterocycles. The number of carbonyl (C=O) groups is 2. The summed E-state index contributed by atoms with van der Waals surface area (Å²) in [5.41, 5.74) is 7.76. The van der Waals surface area contributed by atoms with Crippen molar-refractivity contribution in [3.63, 3.8) is 0 Å². The number of para-hydroxylation sites is 2. The Kier molecular flexibility index (Phi) is 17.8. The van der Waals surface area contributed by atoms with Crippen LogP contribution in [0.25, 0.3) is 0 Å². The molecule has 0 bridgehead atoms. The Hall–Kier alpha value is -6.00. The van der Waals surface area contributed by atoms with E-state index in [1.165, 1.54) is 12.1 Å². The minimum atomic E-state index is -1.18. The van der Waals surface area contributed by atoms with Crippen molar-refractivity contribution < 1.29 is 42.0 Å². The van der Waals surface area contributed by atoms with Gasteiger partial charge in [0.05, 0.1) is 11.9 Å². The van der Waals surface area contributed by atoms with Crippen molar-refractivity contribution in [3.8, 4) is 0 Å². The van der Waals surface area contributed by atoms with Gasteiger partial charge in [0.15, 0.2) is 0 Å². The monoisotopic (exact) mass is 746 g/mol. The van der Waals surface area contributed by atoms with Crippen molar-refractivity contribution in [2.24, 2.45) is 0 Å². The number of rotatable bonds is 8. The van der Waals surface area contributed by atoms with Crippen LogP contribution >= 0.6 is 0 Å². The molecule has 6 aromatic rings. The predicted molar refractivity (Wildman–Crippen MR) is 200 cm³/mol. The summed E-state index contributed by atoms with van der Waals surface area (Å²) in [6.45, 7) is 8.04. The van der Waals surface area contributed by atoms with E-state index in [4.69, 9.17) is 5.11 Å². The van der Waals surface area contributed by atoms with E-state index >= 15 is 0 Å². The van der Waals surface area contributed by atoms with E-state index in [9.17, 15) is 19.8 Å². The second-order valence-electron chi connectivity index (χ2n) is 11.0. The van der Waals surface area contributed by atoms with Crippen LogP contribution in [0.1, 0.15) is 43.0 Å². The Bertz CT molecular complexity index is 1870. The third kappa shape index (κ3) is 12.7. The third-order valence-electron chi connectivity index (χ3n) is 7.63. The van der Waals surface area contributed by atoms with Gasteiger partial charge in [-0.3, -0.25) is 0 Å². The molecular formula is C41H41CuN5O5. The largest absolute Gasteiger partial charge is 2.00 e. The van der Waals surface area contributed by atoms with Gasteiger partial charge in [0.25, 0.3) is 0 Å². The summed E-state index contributed by atoms with van der Waals surface area (Å²) >= 11 is 0. The number of aromatic carboxylic acids is 2. The van der Waals surface area contributed by atoms with E-state index in [1.807, 2.05) is 100 Å². The summed E-state index contributed by atoms with van der Waals surface area (Å²) in [4.78, 5) is 30.3. The molecular weight excluding hydrogens is 706 g/mol. The predicted octanol–water partition coefficient (Wildman–Crippen LogP) is 6.65. The summed E-state index contributed by atoms with van der Waals surface area (Å²) in [6, 6.07) is 36.6. The normalized spacial score (nSPS) is 9.50. The second kappa shape index (κ2) is 21.9. The smallest absolute Gasteiger partial charge is 0.545 e. The van der Waals surface area contributed by atoms with Gasteiger partial charge in [-0.2, -0.15) is 0 Å². The maximum absolute atomic E-state index is 11.0. The van der Waals surface area contributed by atoms with Crippen LogP contribution in [-0.2, 0) is 17.1 Å². The quantitative estimate of drug-likeness (QED) is 0.124. The van der Waals surface area contributed by atoms with E-state index in [1.54, 1.807) is 48.8 Å². The number of benzene rings is 4. The van der Waals surface area contributed by atoms with Crippen molar-refractivity contribution in [2.75, 3.05) is 23.1 Å². The van der Waals surface area contributed by atoms with Gasteiger partial charge in [-0.1, -0.05) is 72.8 Å². The Labute approximate surface area is 315 Å². The van der Waals surface area contributed by atoms with E-state index in [0.717, 1.165) is 52.4 Å².